The molecule has 7 heteroatoms. The van der Waals surface area contributed by atoms with Crippen LogP contribution in [-0.4, -0.2) is 39.4 Å². The van der Waals surface area contributed by atoms with E-state index in [1.807, 2.05) is 20.8 Å². The molecule has 1 heterocycles. The van der Waals surface area contributed by atoms with Crippen LogP contribution in [0.15, 0.2) is 11.2 Å². The lowest BCUT2D eigenvalue weighted by molar-refractivity contribution is -0.106. The maximum Gasteiger partial charge on any atom is 0.342 e. The molecule has 0 bridgehead atoms. The van der Waals surface area contributed by atoms with E-state index in [-0.39, 0.29) is 29.4 Å². The molecule has 1 N–H and O–H groups in total. The molecule has 1 aliphatic carbocycles. The van der Waals surface area contributed by atoms with Crippen molar-refractivity contribution in [2.24, 2.45) is 4.99 Å². The molecule has 2 rings (SSSR count). The summed E-state index contributed by atoms with van der Waals surface area (Å²) < 4.78 is 13.4. The summed E-state index contributed by atoms with van der Waals surface area (Å²) in [5.41, 5.74) is 0.196. The maximum absolute atomic E-state index is 11.6. The molecule has 0 spiro atoms. The Hall–Kier alpha value is -1.89. The van der Waals surface area contributed by atoms with Crippen LogP contribution >= 0.6 is 0 Å². The number of carboxylic acids is 1. The van der Waals surface area contributed by atoms with E-state index >= 15 is 0 Å². The highest BCUT2D eigenvalue weighted by molar-refractivity contribution is 5.89. The number of carbonyl (C=O) groups is 1. The molecule has 7 nitrogen and oxygen atoms in total. The fourth-order valence-corrected chi connectivity index (χ4v) is 3.06. The smallest absolute Gasteiger partial charge is 0.342 e. The van der Waals surface area contributed by atoms with Gasteiger partial charge < -0.3 is 14.6 Å². The molecule has 0 amide bonds. The number of hydrogen-bond acceptors (Lipinski definition) is 5. The van der Waals surface area contributed by atoms with Gasteiger partial charge in [-0.05, 0) is 40.5 Å². The van der Waals surface area contributed by atoms with E-state index in [1.54, 1.807) is 11.6 Å². The SMILES string of the molecule is C/N=c1/nc(OC(C)C)c(C(=O)O)cn1C(C)OC1(C)CCCC1. The van der Waals surface area contributed by atoms with E-state index in [9.17, 15) is 9.90 Å². The van der Waals surface area contributed by atoms with Gasteiger partial charge in [-0.25, -0.2) is 4.79 Å². The van der Waals surface area contributed by atoms with Crippen LogP contribution in [0.3, 0.4) is 0 Å². The Kier molecular flexibility index (Phi) is 5.64. The fourth-order valence-electron chi connectivity index (χ4n) is 3.06. The van der Waals surface area contributed by atoms with Crippen LogP contribution in [0.4, 0.5) is 0 Å². The number of nitrogens with zero attached hydrogens (tertiary/aromatic N) is 3. The molecule has 1 aromatic rings. The molecular formula is C17H27N3O4. The second kappa shape index (κ2) is 7.34. The van der Waals surface area contributed by atoms with Gasteiger partial charge in [-0.3, -0.25) is 9.56 Å². The van der Waals surface area contributed by atoms with Crippen LogP contribution in [0.2, 0.25) is 0 Å². The summed E-state index contributed by atoms with van der Waals surface area (Å²) in [7, 11) is 1.61. The van der Waals surface area contributed by atoms with Gasteiger partial charge in [0.25, 0.3) is 0 Å². The summed E-state index contributed by atoms with van der Waals surface area (Å²) >= 11 is 0. The van der Waals surface area contributed by atoms with Crippen molar-refractivity contribution >= 4 is 5.97 Å². The Morgan fingerprint density at radius 2 is 2.00 bits per heavy atom. The number of rotatable bonds is 6. The molecular weight excluding hydrogens is 310 g/mol. The van der Waals surface area contributed by atoms with Crippen LogP contribution in [0, 0.1) is 0 Å². The summed E-state index contributed by atoms with van der Waals surface area (Å²) in [5, 5.41) is 9.48. The first kappa shape index (κ1) is 18.4. The minimum atomic E-state index is -1.09. The third kappa shape index (κ3) is 4.14. The fraction of sp³-hybridized carbons (Fsp3) is 0.706. The standard InChI is InChI=1S/C17H27N3O4/c1-11(2)23-14-13(15(21)22)10-20(16(18-5)19-14)12(3)24-17(4)8-6-7-9-17/h10-12H,6-9H2,1-5H3,(H,21,22)/b18-16-. The van der Waals surface area contributed by atoms with Crippen molar-refractivity contribution in [3.63, 3.8) is 0 Å². The van der Waals surface area contributed by atoms with Crippen molar-refractivity contribution in [1.29, 1.82) is 0 Å². The Morgan fingerprint density at radius 1 is 1.38 bits per heavy atom. The Morgan fingerprint density at radius 3 is 2.50 bits per heavy atom. The van der Waals surface area contributed by atoms with E-state index in [2.05, 4.69) is 16.9 Å². The van der Waals surface area contributed by atoms with E-state index in [0.717, 1.165) is 25.7 Å². The third-order valence-corrected chi connectivity index (χ3v) is 4.22. The van der Waals surface area contributed by atoms with Gasteiger partial charge in [0.15, 0.2) is 0 Å². The molecule has 134 valence electrons. The van der Waals surface area contributed by atoms with Crippen LogP contribution < -0.4 is 10.4 Å². The summed E-state index contributed by atoms with van der Waals surface area (Å²) in [6, 6.07) is 0. The summed E-state index contributed by atoms with van der Waals surface area (Å²) in [5.74, 6) is -1.01. The predicted octanol–water partition coefficient (Wildman–Crippen LogP) is 2.77. The van der Waals surface area contributed by atoms with Gasteiger partial charge >= 0.3 is 5.97 Å². The van der Waals surface area contributed by atoms with Gasteiger partial charge in [-0.2, -0.15) is 4.98 Å². The van der Waals surface area contributed by atoms with Crippen LogP contribution in [0.1, 0.15) is 70.0 Å². The first-order valence-electron chi connectivity index (χ1n) is 8.39. The van der Waals surface area contributed by atoms with Crippen molar-refractivity contribution in [1.82, 2.24) is 9.55 Å². The zero-order chi connectivity index (χ0) is 17.9. The molecule has 1 aromatic heterocycles. The minimum Gasteiger partial charge on any atom is -0.477 e. The molecule has 0 aliphatic heterocycles. The Bertz CT molecular complexity index is 660. The number of carboxylic acid groups (broad SMARTS) is 1. The monoisotopic (exact) mass is 337 g/mol. The zero-order valence-electron chi connectivity index (χ0n) is 15.1. The topological polar surface area (TPSA) is 85.9 Å². The van der Waals surface area contributed by atoms with E-state index in [1.165, 1.54) is 6.20 Å². The van der Waals surface area contributed by atoms with Gasteiger partial charge in [0.05, 0.1) is 11.7 Å². The molecule has 1 fully saturated rings. The lowest BCUT2D eigenvalue weighted by Gasteiger charge is -2.30. The molecule has 1 saturated carbocycles. The first-order chi connectivity index (χ1) is 11.3. The lowest BCUT2D eigenvalue weighted by Crippen LogP contribution is -2.35. The predicted molar refractivity (Wildman–Crippen MR) is 89.1 cm³/mol. The Labute approximate surface area is 142 Å². The van der Waals surface area contributed by atoms with Crippen molar-refractivity contribution in [3.8, 4) is 5.88 Å². The van der Waals surface area contributed by atoms with E-state index < -0.39 is 5.97 Å². The van der Waals surface area contributed by atoms with E-state index in [0.29, 0.717) is 5.62 Å². The van der Waals surface area contributed by atoms with Crippen molar-refractivity contribution in [3.05, 3.63) is 17.4 Å². The molecule has 0 saturated heterocycles. The normalized spacial score (nSPS) is 18.8. The highest BCUT2D eigenvalue weighted by atomic mass is 16.5. The number of aromatic nitrogens is 2. The van der Waals surface area contributed by atoms with Gasteiger partial charge in [-0.1, -0.05) is 12.8 Å². The largest absolute Gasteiger partial charge is 0.477 e. The molecule has 1 atom stereocenters. The van der Waals surface area contributed by atoms with Gasteiger partial charge in [-0.15, -0.1) is 0 Å². The quantitative estimate of drug-likeness (QED) is 0.862. The highest BCUT2D eigenvalue weighted by Crippen LogP contribution is 2.35. The second-order valence-electron chi connectivity index (χ2n) is 6.74. The maximum atomic E-state index is 11.6. The van der Waals surface area contributed by atoms with Crippen molar-refractivity contribution in [2.75, 3.05) is 7.05 Å². The lowest BCUT2D eigenvalue weighted by atomic mass is 10.1. The number of aromatic carboxylic acids is 1. The van der Waals surface area contributed by atoms with Crippen molar-refractivity contribution in [2.45, 2.75) is 71.3 Å². The summed E-state index contributed by atoms with van der Waals surface area (Å²) in [4.78, 5) is 20.0. The molecule has 0 radical (unpaired) electrons. The third-order valence-electron chi connectivity index (χ3n) is 4.22. The zero-order valence-corrected chi connectivity index (χ0v) is 15.1. The minimum absolute atomic E-state index is 0.00289. The van der Waals surface area contributed by atoms with Gasteiger partial charge in [0.2, 0.25) is 11.5 Å². The number of ether oxygens (including phenoxy) is 2. The molecule has 24 heavy (non-hydrogen) atoms. The van der Waals surface area contributed by atoms with Crippen LogP contribution in [-0.2, 0) is 4.74 Å². The molecule has 0 aromatic carbocycles. The second-order valence-corrected chi connectivity index (χ2v) is 6.74. The first-order valence-corrected chi connectivity index (χ1v) is 8.39. The van der Waals surface area contributed by atoms with Gasteiger partial charge in [0.1, 0.15) is 11.8 Å². The molecule has 1 aliphatic rings. The van der Waals surface area contributed by atoms with Gasteiger partial charge in [0, 0.05) is 13.2 Å². The van der Waals surface area contributed by atoms with Crippen molar-refractivity contribution < 1.29 is 19.4 Å². The summed E-state index contributed by atoms with van der Waals surface area (Å²) in [6.07, 6.45) is 5.26. The highest BCUT2D eigenvalue weighted by Gasteiger charge is 2.32. The average molecular weight is 337 g/mol. The number of hydrogen-bond donors (Lipinski definition) is 1. The Balaban J connectivity index is 2.41. The van der Waals surface area contributed by atoms with Crippen LogP contribution in [0.25, 0.3) is 0 Å². The van der Waals surface area contributed by atoms with E-state index in [4.69, 9.17) is 9.47 Å². The average Bonchev–Trinajstić information content (AvgIpc) is 2.91. The van der Waals surface area contributed by atoms with Crippen LogP contribution in [0.5, 0.6) is 5.88 Å². The summed E-state index contributed by atoms with van der Waals surface area (Å²) in [6.45, 7) is 7.63. The molecule has 1 unspecified atom stereocenters.